The van der Waals surface area contributed by atoms with Gasteiger partial charge in [0.25, 0.3) is 5.91 Å². The van der Waals surface area contributed by atoms with Gasteiger partial charge in [-0.1, -0.05) is 17.9 Å². The summed E-state index contributed by atoms with van der Waals surface area (Å²) in [5, 5.41) is 11.5. The fraction of sp³-hybridized carbons (Fsp3) is 0.200. The van der Waals surface area contributed by atoms with Crippen molar-refractivity contribution >= 4 is 5.91 Å². The van der Waals surface area contributed by atoms with Crippen LogP contribution < -0.4 is 5.32 Å². The molecule has 1 aromatic carbocycles. The van der Waals surface area contributed by atoms with E-state index in [-0.39, 0.29) is 12.5 Å². The van der Waals surface area contributed by atoms with Crippen molar-refractivity contribution in [2.75, 3.05) is 6.61 Å². The molecule has 5 nitrogen and oxygen atoms in total. The van der Waals surface area contributed by atoms with Crippen molar-refractivity contribution in [1.82, 2.24) is 15.3 Å². The lowest BCUT2D eigenvalue weighted by atomic mass is 10.0. The standard InChI is InChI=1S/C15H15N3O2/c1-11-4-5-13(7-12(11)3-2-6-19)15(20)17-9-14-8-16-10-18-14/h4-5,7-8,10,19H,6,9H2,1H3,(H,16,18)(H,17,20). The molecular formula is C15H15N3O2. The van der Waals surface area contributed by atoms with Crippen LogP contribution >= 0.6 is 0 Å². The summed E-state index contributed by atoms with van der Waals surface area (Å²) in [5.41, 5.74) is 3.09. The summed E-state index contributed by atoms with van der Waals surface area (Å²) in [7, 11) is 0. The molecule has 0 unspecified atom stereocenters. The summed E-state index contributed by atoms with van der Waals surface area (Å²) in [6, 6.07) is 5.31. The summed E-state index contributed by atoms with van der Waals surface area (Å²) in [6.45, 7) is 2.10. The number of H-pyrrole nitrogens is 1. The molecular weight excluding hydrogens is 254 g/mol. The molecule has 0 saturated heterocycles. The van der Waals surface area contributed by atoms with Crippen LogP contribution in [0, 0.1) is 18.8 Å². The van der Waals surface area contributed by atoms with Gasteiger partial charge in [-0.15, -0.1) is 0 Å². The Balaban J connectivity index is 2.09. The molecule has 1 aromatic heterocycles. The highest BCUT2D eigenvalue weighted by Gasteiger charge is 2.07. The molecule has 2 rings (SSSR count). The number of carbonyl (C=O) groups is 1. The van der Waals surface area contributed by atoms with Crippen LogP contribution in [0.25, 0.3) is 0 Å². The first-order chi connectivity index (χ1) is 9.70. The average Bonchev–Trinajstić information content (AvgIpc) is 2.97. The minimum Gasteiger partial charge on any atom is -0.384 e. The SMILES string of the molecule is Cc1ccc(C(=O)NCc2cnc[nH]2)cc1C#CCO. The third-order valence-corrected chi connectivity index (χ3v) is 2.80. The summed E-state index contributed by atoms with van der Waals surface area (Å²) in [4.78, 5) is 18.8. The molecule has 0 saturated carbocycles. The van der Waals surface area contributed by atoms with Gasteiger partial charge in [-0.25, -0.2) is 4.98 Å². The Kier molecular flexibility index (Phi) is 4.53. The van der Waals surface area contributed by atoms with Crippen molar-refractivity contribution in [1.29, 1.82) is 0 Å². The predicted molar refractivity (Wildman–Crippen MR) is 74.9 cm³/mol. The number of nitrogens with zero attached hydrogens (tertiary/aromatic N) is 1. The maximum absolute atomic E-state index is 12.0. The fourth-order valence-electron chi connectivity index (χ4n) is 1.69. The van der Waals surface area contributed by atoms with Gasteiger partial charge in [-0.2, -0.15) is 0 Å². The highest BCUT2D eigenvalue weighted by Crippen LogP contribution is 2.10. The number of rotatable bonds is 3. The van der Waals surface area contributed by atoms with Crippen LogP contribution in [0.2, 0.25) is 0 Å². The lowest BCUT2D eigenvalue weighted by molar-refractivity contribution is 0.0950. The minimum atomic E-state index is -0.199. The molecule has 5 heteroatoms. The smallest absolute Gasteiger partial charge is 0.251 e. The molecule has 0 atom stereocenters. The fourth-order valence-corrected chi connectivity index (χ4v) is 1.69. The molecule has 1 amide bonds. The number of carbonyl (C=O) groups excluding carboxylic acids is 1. The molecule has 20 heavy (non-hydrogen) atoms. The van der Waals surface area contributed by atoms with Gasteiger partial charge in [0, 0.05) is 17.3 Å². The zero-order chi connectivity index (χ0) is 14.4. The zero-order valence-electron chi connectivity index (χ0n) is 11.1. The third-order valence-electron chi connectivity index (χ3n) is 2.80. The zero-order valence-corrected chi connectivity index (χ0v) is 11.1. The second kappa shape index (κ2) is 6.55. The Morgan fingerprint density at radius 3 is 3.05 bits per heavy atom. The Labute approximate surface area is 117 Å². The number of aryl methyl sites for hydroxylation is 1. The van der Waals surface area contributed by atoms with Crippen molar-refractivity contribution in [2.45, 2.75) is 13.5 Å². The van der Waals surface area contributed by atoms with Gasteiger partial charge in [0.05, 0.1) is 18.6 Å². The second-order valence-electron chi connectivity index (χ2n) is 4.25. The quantitative estimate of drug-likeness (QED) is 0.727. The summed E-state index contributed by atoms with van der Waals surface area (Å²) in [5.74, 6) is 5.24. The van der Waals surface area contributed by atoms with Gasteiger partial charge in [0.15, 0.2) is 0 Å². The molecule has 0 aliphatic heterocycles. The molecule has 0 spiro atoms. The Morgan fingerprint density at radius 2 is 2.35 bits per heavy atom. The van der Waals surface area contributed by atoms with E-state index in [1.807, 2.05) is 13.0 Å². The van der Waals surface area contributed by atoms with Crippen LogP contribution in [0.15, 0.2) is 30.7 Å². The predicted octanol–water partition coefficient (Wildman–Crippen LogP) is 0.992. The van der Waals surface area contributed by atoms with Crippen LogP contribution in [-0.2, 0) is 6.54 Å². The van der Waals surface area contributed by atoms with Crippen molar-refractivity contribution in [3.05, 3.63) is 53.1 Å². The first-order valence-electron chi connectivity index (χ1n) is 6.16. The number of nitrogens with one attached hydrogen (secondary N) is 2. The van der Waals surface area contributed by atoms with Crippen LogP contribution in [-0.4, -0.2) is 27.6 Å². The monoisotopic (exact) mass is 269 g/mol. The number of imidazole rings is 1. The molecule has 0 fully saturated rings. The van der Waals surface area contributed by atoms with Crippen molar-refractivity contribution in [3.63, 3.8) is 0 Å². The number of hydrogen-bond acceptors (Lipinski definition) is 3. The summed E-state index contributed by atoms with van der Waals surface area (Å²) in [6.07, 6.45) is 3.23. The van der Waals surface area contributed by atoms with Crippen LogP contribution in [0.5, 0.6) is 0 Å². The number of amides is 1. The average molecular weight is 269 g/mol. The Bertz CT molecular complexity index is 651. The highest BCUT2D eigenvalue weighted by molar-refractivity contribution is 5.94. The van der Waals surface area contributed by atoms with Crippen LogP contribution in [0.4, 0.5) is 0 Å². The minimum absolute atomic E-state index is 0.174. The molecule has 102 valence electrons. The lowest BCUT2D eigenvalue weighted by Gasteiger charge is -2.06. The lowest BCUT2D eigenvalue weighted by Crippen LogP contribution is -2.23. The van der Waals surface area contributed by atoms with E-state index in [1.165, 1.54) is 0 Å². The van der Waals surface area contributed by atoms with Crippen LogP contribution in [0.3, 0.4) is 0 Å². The topological polar surface area (TPSA) is 78.0 Å². The molecule has 0 aliphatic carbocycles. The second-order valence-corrected chi connectivity index (χ2v) is 4.25. The maximum Gasteiger partial charge on any atom is 0.251 e. The van der Waals surface area contributed by atoms with E-state index in [0.717, 1.165) is 16.8 Å². The van der Waals surface area contributed by atoms with E-state index in [0.29, 0.717) is 12.1 Å². The van der Waals surface area contributed by atoms with Gasteiger partial charge in [-0.3, -0.25) is 4.79 Å². The maximum atomic E-state index is 12.0. The molecule has 1 heterocycles. The molecule has 0 bridgehead atoms. The van der Waals surface area contributed by atoms with E-state index in [1.54, 1.807) is 24.7 Å². The molecule has 3 N–H and O–H groups in total. The van der Waals surface area contributed by atoms with E-state index in [2.05, 4.69) is 27.1 Å². The van der Waals surface area contributed by atoms with Gasteiger partial charge in [0.1, 0.15) is 6.61 Å². The molecule has 2 aromatic rings. The normalized spacial score (nSPS) is 9.70. The van der Waals surface area contributed by atoms with Crippen molar-refractivity contribution in [2.24, 2.45) is 0 Å². The van der Waals surface area contributed by atoms with Crippen molar-refractivity contribution in [3.8, 4) is 11.8 Å². The van der Waals surface area contributed by atoms with E-state index in [9.17, 15) is 4.79 Å². The number of aliphatic hydroxyl groups excluding tert-OH is 1. The highest BCUT2D eigenvalue weighted by atomic mass is 16.2. The van der Waals surface area contributed by atoms with Gasteiger partial charge < -0.3 is 15.4 Å². The Morgan fingerprint density at radius 1 is 1.50 bits per heavy atom. The number of aliphatic hydroxyl groups is 1. The van der Waals surface area contributed by atoms with Gasteiger partial charge >= 0.3 is 0 Å². The Hall–Kier alpha value is -2.58. The number of hydrogen-bond donors (Lipinski definition) is 3. The number of aromatic nitrogens is 2. The largest absolute Gasteiger partial charge is 0.384 e. The van der Waals surface area contributed by atoms with Crippen molar-refractivity contribution < 1.29 is 9.90 Å². The van der Waals surface area contributed by atoms with Gasteiger partial charge in [-0.05, 0) is 24.6 Å². The van der Waals surface area contributed by atoms with Gasteiger partial charge in [0.2, 0.25) is 0 Å². The molecule has 0 radical (unpaired) electrons. The summed E-state index contributed by atoms with van der Waals surface area (Å²) >= 11 is 0. The summed E-state index contributed by atoms with van der Waals surface area (Å²) < 4.78 is 0. The first kappa shape index (κ1) is 13.8. The third kappa shape index (κ3) is 3.46. The van der Waals surface area contributed by atoms with E-state index in [4.69, 9.17) is 5.11 Å². The van der Waals surface area contributed by atoms with E-state index < -0.39 is 0 Å². The van der Waals surface area contributed by atoms with E-state index >= 15 is 0 Å². The number of aromatic amines is 1. The number of benzene rings is 1. The first-order valence-corrected chi connectivity index (χ1v) is 6.16. The molecule has 0 aliphatic rings. The van der Waals surface area contributed by atoms with Crippen LogP contribution in [0.1, 0.15) is 27.2 Å².